The topological polar surface area (TPSA) is 140 Å². The lowest BCUT2D eigenvalue weighted by Gasteiger charge is -2.11. The van der Waals surface area contributed by atoms with E-state index in [-0.39, 0.29) is 25.6 Å². The molecule has 25 heavy (non-hydrogen) atoms. The number of hydrogen-bond donors (Lipinski definition) is 1. The van der Waals surface area contributed by atoms with Crippen molar-refractivity contribution in [3.8, 4) is 0 Å². The van der Waals surface area contributed by atoms with Crippen molar-refractivity contribution in [2.24, 2.45) is 5.73 Å². The van der Waals surface area contributed by atoms with Crippen LogP contribution in [-0.4, -0.2) is 54.8 Å². The molecule has 0 heterocycles. The molecule has 0 fully saturated rings. The van der Waals surface area contributed by atoms with Gasteiger partial charge in [-0.3, -0.25) is 0 Å². The Bertz CT molecular complexity index is 397. The molecular formula is C14H26N2O8S. The van der Waals surface area contributed by atoms with Crippen molar-refractivity contribution < 1.29 is 33.7 Å². The number of thioether (sulfide) groups is 1. The summed E-state index contributed by atoms with van der Waals surface area (Å²) in [5.74, 6) is 0.229. The Balaban J connectivity index is 3.54. The zero-order valence-corrected chi connectivity index (χ0v) is 15.2. The van der Waals surface area contributed by atoms with E-state index in [0.717, 1.165) is 31.0 Å². The lowest BCUT2D eigenvalue weighted by atomic mass is 10.3. The van der Waals surface area contributed by atoms with Crippen molar-refractivity contribution in [1.82, 2.24) is 0 Å². The minimum atomic E-state index is -0.869. The standard InChI is InChI=1S/C14H26N2O8S/c1-2-3-4-7-21-13(17)23-10-12(15)11-25-14(18)22-8-5-6-9-24-16(19)20/h12H,2-11,15H2,1H3. The third kappa shape index (κ3) is 16.9. The zero-order valence-electron chi connectivity index (χ0n) is 14.3. The summed E-state index contributed by atoms with van der Waals surface area (Å²) in [6.07, 6.45) is 2.90. The maximum Gasteiger partial charge on any atom is 0.508 e. The first kappa shape index (κ1) is 23.2. The number of hydrogen-bond acceptors (Lipinski definition) is 10. The van der Waals surface area contributed by atoms with Gasteiger partial charge in [0.05, 0.1) is 19.8 Å². The van der Waals surface area contributed by atoms with E-state index in [1.165, 1.54) is 0 Å². The first-order valence-corrected chi connectivity index (χ1v) is 9.06. The van der Waals surface area contributed by atoms with Crippen LogP contribution in [0.3, 0.4) is 0 Å². The van der Waals surface area contributed by atoms with Gasteiger partial charge in [0, 0.05) is 11.8 Å². The van der Waals surface area contributed by atoms with Crippen LogP contribution in [0.25, 0.3) is 0 Å². The first-order chi connectivity index (χ1) is 12.0. The number of rotatable bonds is 14. The minimum Gasteiger partial charge on any atom is -0.458 e. The normalized spacial score (nSPS) is 11.4. The fourth-order valence-electron chi connectivity index (χ4n) is 1.49. The summed E-state index contributed by atoms with van der Waals surface area (Å²) in [5, 5.41) is 8.53. The van der Waals surface area contributed by atoms with Gasteiger partial charge in [0.1, 0.15) is 6.61 Å². The number of unbranched alkanes of at least 4 members (excludes halogenated alkanes) is 3. The molecule has 11 heteroatoms. The molecule has 0 rings (SSSR count). The van der Waals surface area contributed by atoms with Gasteiger partial charge in [0.25, 0.3) is 5.09 Å². The summed E-state index contributed by atoms with van der Waals surface area (Å²) in [6.45, 7) is 2.42. The van der Waals surface area contributed by atoms with Gasteiger partial charge in [0.15, 0.2) is 0 Å². The van der Waals surface area contributed by atoms with Gasteiger partial charge >= 0.3 is 11.5 Å². The van der Waals surface area contributed by atoms with Gasteiger partial charge in [0.2, 0.25) is 0 Å². The predicted octanol–water partition coefficient (Wildman–Crippen LogP) is 2.52. The molecule has 0 aliphatic rings. The average molecular weight is 382 g/mol. The van der Waals surface area contributed by atoms with Crippen LogP contribution < -0.4 is 5.73 Å². The van der Waals surface area contributed by atoms with E-state index in [4.69, 9.17) is 19.9 Å². The summed E-state index contributed by atoms with van der Waals surface area (Å²) in [5.41, 5.74) is 5.73. The highest BCUT2D eigenvalue weighted by atomic mass is 32.2. The molecule has 0 radical (unpaired) electrons. The highest BCUT2D eigenvalue weighted by molar-refractivity contribution is 8.13. The van der Waals surface area contributed by atoms with Gasteiger partial charge in [-0.1, -0.05) is 19.8 Å². The predicted molar refractivity (Wildman–Crippen MR) is 90.8 cm³/mol. The maximum atomic E-state index is 11.4. The maximum absolute atomic E-state index is 11.4. The number of nitrogens with two attached hydrogens (primary N) is 1. The lowest BCUT2D eigenvalue weighted by Crippen LogP contribution is -2.31. The molecule has 0 amide bonds. The van der Waals surface area contributed by atoms with Crippen LogP contribution in [0.4, 0.5) is 9.59 Å². The third-order valence-electron chi connectivity index (χ3n) is 2.75. The minimum absolute atomic E-state index is 0.0333. The van der Waals surface area contributed by atoms with E-state index in [2.05, 4.69) is 4.84 Å². The second kappa shape index (κ2) is 15.8. The van der Waals surface area contributed by atoms with Gasteiger partial charge in [-0.25, -0.2) is 9.59 Å². The third-order valence-corrected chi connectivity index (χ3v) is 3.70. The van der Waals surface area contributed by atoms with Crippen LogP contribution in [0.15, 0.2) is 0 Å². The molecule has 146 valence electrons. The van der Waals surface area contributed by atoms with Crippen LogP contribution in [0.1, 0.15) is 39.0 Å². The Kier molecular flexibility index (Phi) is 14.7. The van der Waals surface area contributed by atoms with Crippen LogP contribution in [0.2, 0.25) is 0 Å². The molecule has 1 atom stereocenters. The SMILES string of the molecule is CCCCCOC(=O)OCC(N)CSC(=O)OCCCCO[N+](=O)[O-]. The Morgan fingerprint density at radius 2 is 1.72 bits per heavy atom. The molecule has 0 saturated carbocycles. The van der Waals surface area contributed by atoms with Gasteiger partial charge in [-0.05, 0) is 31.0 Å². The van der Waals surface area contributed by atoms with Crippen LogP contribution in [0, 0.1) is 10.1 Å². The smallest absolute Gasteiger partial charge is 0.458 e. The summed E-state index contributed by atoms with van der Waals surface area (Å²) in [4.78, 5) is 36.7. The second-order valence-electron chi connectivity index (χ2n) is 5.05. The van der Waals surface area contributed by atoms with Crippen molar-refractivity contribution in [3.63, 3.8) is 0 Å². The molecule has 0 saturated heterocycles. The van der Waals surface area contributed by atoms with E-state index in [1.54, 1.807) is 0 Å². The fourth-order valence-corrected chi connectivity index (χ4v) is 2.10. The first-order valence-electron chi connectivity index (χ1n) is 8.07. The molecule has 0 aromatic carbocycles. The van der Waals surface area contributed by atoms with Crippen molar-refractivity contribution in [2.45, 2.75) is 45.1 Å². The summed E-state index contributed by atoms with van der Waals surface area (Å²) in [7, 11) is 0. The van der Waals surface area contributed by atoms with Crippen molar-refractivity contribution in [1.29, 1.82) is 0 Å². The second-order valence-corrected chi connectivity index (χ2v) is 6.01. The van der Waals surface area contributed by atoms with Crippen molar-refractivity contribution in [2.75, 3.05) is 32.2 Å². The number of ether oxygens (including phenoxy) is 3. The molecule has 10 nitrogen and oxygen atoms in total. The van der Waals surface area contributed by atoms with E-state index < -0.39 is 22.6 Å². The van der Waals surface area contributed by atoms with E-state index in [1.807, 2.05) is 6.92 Å². The van der Waals surface area contributed by atoms with E-state index in [0.29, 0.717) is 19.4 Å². The van der Waals surface area contributed by atoms with Crippen molar-refractivity contribution >= 4 is 23.2 Å². The zero-order chi connectivity index (χ0) is 18.9. The van der Waals surface area contributed by atoms with Gasteiger partial charge in [-0.15, -0.1) is 10.1 Å². The van der Waals surface area contributed by atoms with Gasteiger partial charge in [-0.2, -0.15) is 0 Å². The molecule has 0 spiro atoms. The molecule has 0 aliphatic heterocycles. The monoisotopic (exact) mass is 382 g/mol. The highest BCUT2D eigenvalue weighted by Gasteiger charge is 2.12. The van der Waals surface area contributed by atoms with E-state index in [9.17, 15) is 19.7 Å². The van der Waals surface area contributed by atoms with Crippen LogP contribution in [0.5, 0.6) is 0 Å². The Hall–Kier alpha value is -1.75. The van der Waals surface area contributed by atoms with Crippen LogP contribution in [-0.2, 0) is 19.0 Å². The van der Waals surface area contributed by atoms with Crippen LogP contribution >= 0.6 is 11.8 Å². The molecule has 0 aromatic heterocycles. The summed E-state index contributed by atoms with van der Waals surface area (Å²) < 4.78 is 14.6. The Morgan fingerprint density at radius 1 is 1.08 bits per heavy atom. The molecule has 0 aromatic rings. The Labute approximate surface area is 150 Å². The quantitative estimate of drug-likeness (QED) is 0.206. The average Bonchev–Trinajstić information content (AvgIpc) is 2.57. The fraction of sp³-hybridized carbons (Fsp3) is 0.857. The number of nitrogens with zero attached hydrogens (tertiary/aromatic N) is 1. The van der Waals surface area contributed by atoms with E-state index >= 15 is 0 Å². The molecule has 0 bridgehead atoms. The lowest BCUT2D eigenvalue weighted by molar-refractivity contribution is -0.757. The molecular weight excluding hydrogens is 356 g/mol. The van der Waals surface area contributed by atoms with Gasteiger partial charge < -0.3 is 24.8 Å². The molecule has 1 unspecified atom stereocenters. The summed E-state index contributed by atoms with van der Waals surface area (Å²) >= 11 is 0.872. The van der Waals surface area contributed by atoms with Crippen molar-refractivity contribution in [3.05, 3.63) is 10.1 Å². The molecule has 0 aliphatic carbocycles. The Morgan fingerprint density at radius 3 is 2.40 bits per heavy atom. The number of carbonyl (C=O) groups is 2. The highest BCUT2D eigenvalue weighted by Crippen LogP contribution is 2.08. The largest absolute Gasteiger partial charge is 0.508 e. The summed E-state index contributed by atoms with van der Waals surface area (Å²) in [6, 6.07) is -0.519. The number of carbonyl (C=O) groups excluding carboxylic acids is 2. The molecule has 2 N–H and O–H groups in total.